The zero-order valence-corrected chi connectivity index (χ0v) is 10.2. The van der Waals surface area contributed by atoms with Crippen LogP contribution in [0.1, 0.15) is 11.5 Å². The summed E-state index contributed by atoms with van der Waals surface area (Å²) in [7, 11) is 1.76. The molecule has 0 bridgehead atoms. The maximum absolute atomic E-state index is 12.2. The summed E-state index contributed by atoms with van der Waals surface area (Å²) < 4.78 is 10.5. The second-order valence-electron chi connectivity index (χ2n) is 4.65. The van der Waals surface area contributed by atoms with E-state index >= 15 is 0 Å². The Labute approximate surface area is 101 Å². The molecule has 2 rings (SSSR count). The second-order valence-corrected chi connectivity index (χ2v) is 4.65. The van der Waals surface area contributed by atoms with Crippen molar-refractivity contribution in [3.63, 3.8) is 0 Å². The van der Waals surface area contributed by atoms with Crippen LogP contribution >= 0.6 is 0 Å². The van der Waals surface area contributed by atoms with Crippen molar-refractivity contribution in [3.05, 3.63) is 23.7 Å². The minimum absolute atomic E-state index is 0.0281. The number of nitrogens with two attached hydrogens (primary N) is 1. The highest BCUT2D eigenvalue weighted by Crippen LogP contribution is 2.28. The van der Waals surface area contributed by atoms with E-state index in [0.29, 0.717) is 26.3 Å². The second kappa shape index (κ2) is 4.50. The van der Waals surface area contributed by atoms with Crippen LogP contribution in [0, 0.1) is 12.3 Å². The molecule has 5 heteroatoms. The van der Waals surface area contributed by atoms with Crippen LogP contribution in [-0.2, 0) is 16.1 Å². The quantitative estimate of drug-likeness (QED) is 0.830. The molecule has 2 N–H and O–H groups in total. The minimum Gasteiger partial charge on any atom is -0.464 e. The predicted molar refractivity (Wildman–Crippen MR) is 62.2 cm³/mol. The number of ether oxygens (including phenoxy) is 1. The summed E-state index contributed by atoms with van der Waals surface area (Å²) in [5, 5.41) is 0. The monoisotopic (exact) mass is 238 g/mol. The van der Waals surface area contributed by atoms with Gasteiger partial charge in [0.15, 0.2) is 0 Å². The zero-order chi connectivity index (χ0) is 12.5. The van der Waals surface area contributed by atoms with Gasteiger partial charge in [-0.2, -0.15) is 0 Å². The molecule has 1 aromatic heterocycles. The lowest BCUT2D eigenvalue weighted by molar-refractivity contribution is -0.169. The SMILES string of the molecule is Cc1ccc(CN(C)C(=O)C2(CN)COC2)o1. The molecule has 1 amide bonds. The van der Waals surface area contributed by atoms with Gasteiger partial charge in [0.1, 0.15) is 16.9 Å². The highest BCUT2D eigenvalue weighted by atomic mass is 16.5. The van der Waals surface area contributed by atoms with Gasteiger partial charge in [0.2, 0.25) is 5.91 Å². The van der Waals surface area contributed by atoms with Gasteiger partial charge in [0, 0.05) is 13.6 Å². The molecule has 0 radical (unpaired) electrons. The van der Waals surface area contributed by atoms with Crippen molar-refractivity contribution in [2.45, 2.75) is 13.5 Å². The van der Waals surface area contributed by atoms with E-state index in [0.717, 1.165) is 11.5 Å². The first kappa shape index (κ1) is 12.1. The Hall–Kier alpha value is -1.33. The van der Waals surface area contributed by atoms with Gasteiger partial charge < -0.3 is 19.8 Å². The summed E-state index contributed by atoms with van der Waals surface area (Å²) in [5.41, 5.74) is 5.14. The third-order valence-electron chi connectivity index (χ3n) is 3.14. The number of amides is 1. The third-order valence-corrected chi connectivity index (χ3v) is 3.14. The molecule has 0 saturated carbocycles. The number of hydrogen-bond acceptors (Lipinski definition) is 4. The maximum atomic E-state index is 12.2. The topological polar surface area (TPSA) is 68.7 Å². The van der Waals surface area contributed by atoms with E-state index in [1.54, 1.807) is 11.9 Å². The van der Waals surface area contributed by atoms with Crippen LogP contribution in [0.3, 0.4) is 0 Å². The first-order chi connectivity index (χ1) is 8.07. The van der Waals surface area contributed by atoms with Crippen molar-refractivity contribution in [1.29, 1.82) is 0 Å². The van der Waals surface area contributed by atoms with Gasteiger partial charge in [0.25, 0.3) is 0 Å². The average Bonchev–Trinajstić information content (AvgIpc) is 2.63. The van der Waals surface area contributed by atoms with Gasteiger partial charge in [0.05, 0.1) is 19.8 Å². The van der Waals surface area contributed by atoms with Gasteiger partial charge in [-0.15, -0.1) is 0 Å². The summed E-state index contributed by atoms with van der Waals surface area (Å²) in [5.74, 6) is 1.66. The molecule has 1 aromatic rings. The van der Waals surface area contributed by atoms with Gasteiger partial charge in [-0.25, -0.2) is 0 Å². The van der Waals surface area contributed by atoms with Gasteiger partial charge >= 0.3 is 0 Å². The van der Waals surface area contributed by atoms with Gasteiger partial charge in [-0.05, 0) is 19.1 Å². The molecular weight excluding hydrogens is 220 g/mol. The van der Waals surface area contributed by atoms with Crippen LogP contribution in [-0.4, -0.2) is 37.6 Å². The van der Waals surface area contributed by atoms with E-state index in [4.69, 9.17) is 14.9 Å². The largest absolute Gasteiger partial charge is 0.464 e. The highest BCUT2D eigenvalue weighted by Gasteiger charge is 2.46. The zero-order valence-electron chi connectivity index (χ0n) is 10.2. The van der Waals surface area contributed by atoms with Crippen LogP contribution in [0.2, 0.25) is 0 Å². The summed E-state index contributed by atoms with van der Waals surface area (Å²) in [6, 6.07) is 3.77. The van der Waals surface area contributed by atoms with Crippen LogP contribution in [0.4, 0.5) is 0 Å². The van der Waals surface area contributed by atoms with E-state index in [1.165, 1.54) is 0 Å². The van der Waals surface area contributed by atoms with Crippen molar-refractivity contribution in [1.82, 2.24) is 4.90 Å². The summed E-state index contributed by atoms with van der Waals surface area (Å²) in [4.78, 5) is 13.9. The molecule has 1 fully saturated rings. The number of aryl methyl sites for hydroxylation is 1. The number of carbonyl (C=O) groups is 1. The lowest BCUT2D eigenvalue weighted by Gasteiger charge is -2.41. The standard InChI is InChI=1S/C12H18N2O3/c1-9-3-4-10(17-9)5-14(2)11(15)12(6-13)7-16-8-12/h3-4H,5-8,13H2,1-2H3. The highest BCUT2D eigenvalue weighted by molar-refractivity contribution is 5.83. The Morgan fingerprint density at radius 1 is 1.53 bits per heavy atom. The van der Waals surface area contributed by atoms with E-state index in [1.807, 2.05) is 19.1 Å². The smallest absolute Gasteiger partial charge is 0.234 e. The average molecular weight is 238 g/mol. The van der Waals surface area contributed by atoms with Gasteiger partial charge in [-0.3, -0.25) is 4.79 Å². The molecule has 1 aliphatic heterocycles. The number of carbonyl (C=O) groups excluding carboxylic acids is 1. The fourth-order valence-electron chi connectivity index (χ4n) is 1.96. The maximum Gasteiger partial charge on any atom is 0.234 e. The molecule has 0 atom stereocenters. The fourth-order valence-corrected chi connectivity index (χ4v) is 1.96. The van der Waals surface area contributed by atoms with Crippen LogP contribution in [0.15, 0.2) is 16.5 Å². The molecule has 0 spiro atoms. The Morgan fingerprint density at radius 2 is 2.24 bits per heavy atom. The molecule has 94 valence electrons. The molecule has 17 heavy (non-hydrogen) atoms. The van der Waals surface area contributed by atoms with Crippen LogP contribution < -0.4 is 5.73 Å². The van der Waals surface area contributed by atoms with Crippen molar-refractivity contribution in [3.8, 4) is 0 Å². The summed E-state index contributed by atoms with van der Waals surface area (Å²) >= 11 is 0. The predicted octanol–water partition coefficient (Wildman–Crippen LogP) is 0.522. The normalized spacial score (nSPS) is 17.6. The number of nitrogens with zero attached hydrogens (tertiary/aromatic N) is 1. The molecule has 1 aliphatic rings. The number of rotatable bonds is 4. The Balaban J connectivity index is 2.00. The summed E-state index contributed by atoms with van der Waals surface area (Å²) in [6.07, 6.45) is 0. The number of hydrogen-bond donors (Lipinski definition) is 1. The molecule has 1 saturated heterocycles. The molecule has 0 unspecified atom stereocenters. The fraction of sp³-hybridized carbons (Fsp3) is 0.583. The van der Waals surface area contributed by atoms with E-state index in [9.17, 15) is 4.79 Å². The van der Waals surface area contributed by atoms with E-state index in [2.05, 4.69) is 0 Å². The first-order valence-electron chi connectivity index (χ1n) is 5.66. The molecular formula is C12H18N2O3. The van der Waals surface area contributed by atoms with Crippen LogP contribution in [0.5, 0.6) is 0 Å². The Bertz CT molecular complexity index is 404. The third kappa shape index (κ3) is 2.21. The molecule has 0 aromatic carbocycles. The molecule has 0 aliphatic carbocycles. The van der Waals surface area contributed by atoms with Crippen molar-refractivity contribution in [2.75, 3.05) is 26.8 Å². The lowest BCUT2D eigenvalue weighted by Crippen LogP contribution is -2.58. The van der Waals surface area contributed by atoms with Crippen LogP contribution in [0.25, 0.3) is 0 Å². The van der Waals surface area contributed by atoms with Gasteiger partial charge in [-0.1, -0.05) is 0 Å². The van der Waals surface area contributed by atoms with Crippen molar-refractivity contribution >= 4 is 5.91 Å². The first-order valence-corrected chi connectivity index (χ1v) is 5.66. The Kier molecular flexibility index (Phi) is 3.22. The number of furan rings is 1. The van der Waals surface area contributed by atoms with E-state index in [-0.39, 0.29) is 5.91 Å². The van der Waals surface area contributed by atoms with E-state index < -0.39 is 5.41 Å². The lowest BCUT2D eigenvalue weighted by atomic mass is 9.84. The summed E-state index contributed by atoms with van der Waals surface area (Å²) in [6.45, 7) is 3.52. The van der Waals surface area contributed by atoms with Crippen molar-refractivity contribution < 1.29 is 13.9 Å². The molecule has 2 heterocycles. The minimum atomic E-state index is -0.517. The Morgan fingerprint density at radius 3 is 2.65 bits per heavy atom. The molecule has 5 nitrogen and oxygen atoms in total. The van der Waals surface area contributed by atoms with Crippen molar-refractivity contribution in [2.24, 2.45) is 11.1 Å².